The van der Waals surface area contributed by atoms with Gasteiger partial charge in [0.1, 0.15) is 0 Å². The predicted molar refractivity (Wildman–Crippen MR) is 36.9 cm³/mol. The number of rotatable bonds is 1. The molecule has 0 aromatic carbocycles. The van der Waals surface area contributed by atoms with Crippen LogP contribution in [-0.4, -0.2) is 22.3 Å². The van der Waals surface area contributed by atoms with Gasteiger partial charge in [0, 0.05) is 12.1 Å². The molecule has 4 nitrogen and oxygen atoms in total. The third kappa shape index (κ3) is 0.732. The molecule has 2 heterocycles. The van der Waals surface area contributed by atoms with Gasteiger partial charge in [-0.05, 0) is 7.05 Å². The lowest BCUT2D eigenvalue weighted by Crippen LogP contribution is -2.29. The maximum atomic E-state index is 3.93. The van der Waals surface area contributed by atoms with Gasteiger partial charge in [-0.2, -0.15) is 5.10 Å². The molecule has 0 bridgehead atoms. The Bertz CT molecular complexity index is 209. The predicted octanol–water partition coefficient (Wildman–Crippen LogP) is -0.140. The van der Waals surface area contributed by atoms with Gasteiger partial charge >= 0.3 is 0 Å². The largest absolute Gasteiger partial charge is 0.281 e. The number of fused-ring (bicyclic) bond motifs is 1. The Morgan fingerprint density at radius 2 is 2.60 bits per heavy atom. The summed E-state index contributed by atoms with van der Waals surface area (Å²) in [5.74, 6) is 0. The Balaban J connectivity index is 2.21. The van der Waals surface area contributed by atoms with Crippen molar-refractivity contribution in [2.45, 2.75) is 13.1 Å². The Hall–Kier alpha value is -0.870. The summed E-state index contributed by atoms with van der Waals surface area (Å²) < 4.78 is 0. The smallest absolute Gasteiger partial charge is 0.0556 e. The molecule has 1 aromatic rings. The molecule has 2 rings (SSSR count). The summed E-state index contributed by atoms with van der Waals surface area (Å²) >= 11 is 0. The molecule has 54 valence electrons. The zero-order valence-corrected chi connectivity index (χ0v) is 5.89. The van der Waals surface area contributed by atoms with Crippen LogP contribution in [0.3, 0.4) is 0 Å². The van der Waals surface area contributed by atoms with E-state index in [1.165, 1.54) is 11.3 Å². The van der Waals surface area contributed by atoms with Crippen molar-refractivity contribution in [2.24, 2.45) is 0 Å². The number of hydrogen-bond donors (Lipinski definition) is 2. The number of hydrogen-bond acceptors (Lipinski definition) is 3. The van der Waals surface area contributed by atoms with Crippen molar-refractivity contribution in [1.82, 2.24) is 20.6 Å². The normalized spacial score (nSPS) is 17.7. The van der Waals surface area contributed by atoms with E-state index in [0.29, 0.717) is 0 Å². The number of aromatic nitrogens is 2. The molecule has 0 atom stereocenters. The van der Waals surface area contributed by atoms with Crippen LogP contribution in [-0.2, 0) is 13.1 Å². The highest BCUT2D eigenvalue weighted by atomic mass is 15.5. The van der Waals surface area contributed by atoms with E-state index in [2.05, 4.69) is 20.6 Å². The molecule has 1 aliphatic rings. The minimum atomic E-state index is 0.936. The van der Waals surface area contributed by atoms with Crippen LogP contribution in [0, 0.1) is 0 Å². The van der Waals surface area contributed by atoms with Gasteiger partial charge in [-0.3, -0.25) is 10.5 Å². The fourth-order valence-electron chi connectivity index (χ4n) is 1.22. The van der Waals surface area contributed by atoms with Crippen LogP contribution in [0.15, 0.2) is 6.20 Å². The highest BCUT2D eigenvalue weighted by molar-refractivity contribution is 5.19. The van der Waals surface area contributed by atoms with Crippen LogP contribution in [0.25, 0.3) is 0 Å². The summed E-state index contributed by atoms with van der Waals surface area (Å²) in [6, 6.07) is 0. The number of nitrogens with one attached hydrogen (secondary N) is 2. The minimum Gasteiger partial charge on any atom is -0.281 e. The van der Waals surface area contributed by atoms with Gasteiger partial charge in [0.2, 0.25) is 0 Å². The van der Waals surface area contributed by atoms with Gasteiger partial charge in [0.05, 0.1) is 18.4 Å². The summed E-state index contributed by atoms with van der Waals surface area (Å²) in [6.07, 6.45) is 1.88. The maximum absolute atomic E-state index is 3.93. The molecule has 0 saturated heterocycles. The molecule has 0 unspecified atom stereocenters. The second-order valence-corrected chi connectivity index (χ2v) is 2.45. The molecule has 0 fully saturated rings. The van der Waals surface area contributed by atoms with Gasteiger partial charge in [0.15, 0.2) is 0 Å². The van der Waals surface area contributed by atoms with Crippen LogP contribution in [0.2, 0.25) is 0 Å². The number of nitrogens with zero attached hydrogens (tertiary/aromatic N) is 2. The molecule has 0 radical (unpaired) electrons. The molecule has 2 N–H and O–H groups in total. The van der Waals surface area contributed by atoms with Gasteiger partial charge < -0.3 is 0 Å². The van der Waals surface area contributed by atoms with Crippen LogP contribution < -0.4 is 5.43 Å². The standard InChI is InChI=1S/C6H10N4/c1-7-10-3-5-2-8-9-6(5)4-10/h2,7H,3-4H2,1H3,(H,8,9). The lowest BCUT2D eigenvalue weighted by Gasteiger charge is -2.11. The minimum absolute atomic E-state index is 0.936. The Morgan fingerprint density at radius 1 is 1.70 bits per heavy atom. The molecule has 0 saturated carbocycles. The van der Waals surface area contributed by atoms with E-state index in [-0.39, 0.29) is 0 Å². The molecule has 0 spiro atoms. The third-order valence-electron chi connectivity index (χ3n) is 1.83. The fraction of sp³-hybridized carbons (Fsp3) is 0.500. The average molecular weight is 138 g/mol. The van der Waals surface area contributed by atoms with E-state index in [1.807, 2.05) is 13.2 Å². The zero-order valence-electron chi connectivity index (χ0n) is 5.89. The molecular formula is C6H10N4. The lowest BCUT2D eigenvalue weighted by atomic mass is 10.3. The first-order valence-corrected chi connectivity index (χ1v) is 3.33. The molecule has 1 aliphatic heterocycles. The molecule has 10 heavy (non-hydrogen) atoms. The zero-order chi connectivity index (χ0) is 6.97. The van der Waals surface area contributed by atoms with E-state index >= 15 is 0 Å². The first-order valence-electron chi connectivity index (χ1n) is 3.33. The second kappa shape index (κ2) is 2.07. The van der Waals surface area contributed by atoms with E-state index in [4.69, 9.17) is 0 Å². The van der Waals surface area contributed by atoms with Crippen molar-refractivity contribution >= 4 is 0 Å². The number of hydrazine groups is 1. The van der Waals surface area contributed by atoms with Gasteiger partial charge in [0.25, 0.3) is 0 Å². The average Bonchev–Trinajstić information content (AvgIpc) is 2.42. The summed E-state index contributed by atoms with van der Waals surface area (Å²) in [5.41, 5.74) is 5.61. The lowest BCUT2D eigenvalue weighted by molar-refractivity contribution is 0.209. The van der Waals surface area contributed by atoms with Crippen LogP contribution >= 0.6 is 0 Å². The Labute approximate surface area is 59.2 Å². The van der Waals surface area contributed by atoms with Crippen molar-refractivity contribution < 1.29 is 0 Å². The molecule has 4 heteroatoms. The quantitative estimate of drug-likeness (QED) is 0.567. The first kappa shape index (κ1) is 5.88. The number of H-pyrrole nitrogens is 1. The highest BCUT2D eigenvalue weighted by Gasteiger charge is 2.18. The van der Waals surface area contributed by atoms with Crippen LogP contribution in [0.4, 0.5) is 0 Å². The molecule has 1 aromatic heterocycles. The highest BCUT2D eigenvalue weighted by Crippen LogP contribution is 2.16. The second-order valence-electron chi connectivity index (χ2n) is 2.45. The van der Waals surface area contributed by atoms with Crippen molar-refractivity contribution in [1.29, 1.82) is 0 Å². The topological polar surface area (TPSA) is 44.0 Å². The van der Waals surface area contributed by atoms with E-state index in [9.17, 15) is 0 Å². The SMILES string of the molecule is CNN1Cc2cn[nH]c2C1. The molecular weight excluding hydrogens is 128 g/mol. The Kier molecular flexibility index (Phi) is 1.22. The van der Waals surface area contributed by atoms with Gasteiger partial charge in [-0.25, -0.2) is 5.01 Å². The van der Waals surface area contributed by atoms with Crippen molar-refractivity contribution in [3.63, 3.8) is 0 Å². The van der Waals surface area contributed by atoms with Crippen molar-refractivity contribution in [3.8, 4) is 0 Å². The maximum Gasteiger partial charge on any atom is 0.0556 e. The summed E-state index contributed by atoms with van der Waals surface area (Å²) in [7, 11) is 1.93. The van der Waals surface area contributed by atoms with Crippen molar-refractivity contribution in [3.05, 3.63) is 17.5 Å². The summed E-state index contributed by atoms with van der Waals surface area (Å²) in [4.78, 5) is 0. The van der Waals surface area contributed by atoms with Gasteiger partial charge in [-0.15, -0.1) is 0 Å². The molecule has 0 amide bonds. The fourth-order valence-corrected chi connectivity index (χ4v) is 1.22. The van der Waals surface area contributed by atoms with E-state index in [1.54, 1.807) is 0 Å². The van der Waals surface area contributed by atoms with Crippen LogP contribution in [0.1, 0.15) is 11.3 Å². The van der Waals surface area contributed by atoms with E-state index in [0.717, 1.165) is 13.1 Å². The van der Waals surface area contributed by atoms with Gasteiger partial charge in [-0.1, -0.05) is 0 Å². The van der Waals surface area contributed by atoms with Crippen molar-refractivity contribution in [2.75, 3.05) is 7.05 Å². The van der Waals surface area contributed by atoms with Crippen LogP contribution in [0.5, 0.6) is 0 Å². The summed E-state index contributed by atoms with van der Waals surface area (Å²) in [6.45, 7) is 1.90. The Morgan fingerprint density at radius 3 is 3.30 bits per heavy atom. The first-order chi connectivity index (χ1) is 4.90. The number of aromatic amines is 1. The summed E-state index contributed by atoms with van der Waals surface area (Å²) in [5, 5.41) is 9.01. The van der Waals surface area contributed by atoms with E-state index < -0.39 is 0 Å². The monoisotopic (exact) mass is 138 g/mol. The molecule has 0 aliphatic carbocycles. The third-order valence-corrected chi connectivity index (χ3v) is 1.83.